The molecule has 30 heavy (non-hydrogen) atoms. The number of halogens is 2. The molecule has 1 aliphatic heterocycles. The van der Waals surface area contributed by atoms with E-state index in [0.717, 1.165) is 36.1 Å². The Bertz CT molecular complexity index is 950. The van der Waals surface area contributed by atoms with Gasteiger partial charge in [-0.2, -0.15) is 4.31 Å². The van der Waals surface area contributed by atoms with E-state index in [1.54, 1.807) is 13.2 Å². The number of hydrogen-bond donors (Lipinski definition) is 0. The van der Waals surface area contributed by atoms with Crippen molar-refractivity contribution in [2.75, 3.05) is 26.5 Å². The van der Waals surface area contributed by atoms with Crippen LogP contribution >= 0.6 is 23.2 Å². The summed E-state index contributed by atoms with van der Waals surface area (Å²) >= 11 is 12.3. The van der Waals surface area contributed by atoms with Crippen molar-refractivity contribution in [3.05, 3.63) is 63.6 Å². The minimum Gasteiger partial charge on any atom is -0.497 e. The van der Waals surface area contributed by atoms with Gasteiger partial charge in [0.25, 0.3) is 0 Å². The maximum atomic E-state index is 12.6. The normalized spacial score (nSPS) is 20.2. The summed E-state index contributed by atoms with van der Waals surface area (Å²) in [7, 11) is -1.83. The van der Waals surface area contributed by atoms with E-state index >= 15 is 0 Å². The quantitative estimate of drug-likeness (QED) is 0.562. The second kappa shape index (κ2) is 10.3. The fourth-order valence-electron chi connectivity index (χ4n) is 3.76. The molecular formula is C22H27Cl2NO4S. The minimum atomic E-state index is -3.44. The topological polar surface area (TPSA) is 55.8 Å². The van der Waals surface area contributed by atoms with Crippen LogP contribution in [-0.4, -0.2) is 45.3 Å². The maximum Gasteiger partial charge on any atom is 0.211 e. The molecule has 0 saturated carbocycles. The largest absolute Gasteiger partial charge is 0.497 e. The van der Waals surface area contributed by atoms with E-state index < -0.39 is 10.0 Å². The lowest BCUT2D eigenvalue weighted by molar-refractivity contribution is 0.0326. The molecule has 0 aromatic heterocycles. The van der Waals surface area contributed by atoms with Crippen LogP contribution in [-0.2, 0) is 21.3 Å². The second-order valence-electron chi connectivity index (χ2n) is 7.59. The third kappa shape index (κ3) is 6.11. The molecule has 1 unspecified atom stereocenters. The van der Waals surface area contributed by atoms with E-state index in [9.17, 15) is 8.42 Å². The predicted molar refractivity (Wildman–Crippen MR) is 121 cm³/mol. The smallest absolute Gasteiger partial charge is 0.211 e. The molecule has 0 radical (unpaired) electrons. The molecule has 2 atom stereocenters. The Balaban J connectivity index is 1.84. The van der Waals surface area contributed by atoms with E-state index in [1.165, 1.54) is 10.6 Å². The third-order valence-corrected chi connectivity index (χ3v) is 7.39. The molecule has 0 aliphatic carbocycles. The van der Waals surface area contributed by atoms with Crippen LogP contribution in [0.4, 0.5) is 0 Å². The number of rotatable bonds is 7. The van der Waals surface area contributed by atoms with Gasteiger partial charge in [0.2, 0.25) is 10.0 Å². The molecule has 1 saturated heterocycles. The Hall–Kier alpha value is -1.31. The third-order valence-electron chi connectivity index (χ3n) is 5.43. The van der Waals surface area contributed by atoms with Crippen LogP contribution in [0.2, 0.25) is 10.0 Å². The highest BCUT2D eigenvalue weighted by molar-refractivity contribution is 7.88. The molecule has 0 amide bonds. The Morgan fingerprint density at radius 3 is 2.47 bits per heavy atom. The summed E-state index contributed by atoms with van der Waals surface area (Å²) in [5, 5.41) is 0.999. The highest BCUT2D eigenvalue weighted by Gasteiger charge is 2.31. The summed E-state index contributed by atoms with van der Waals surface area (Å²) in [5.74, 6) is 0.777. The van der Waals surface area contributed by atoms with Crippen LogP contribution in [0.3, 0.4) is 0 Å². The molecule has 0 N–H and O–H groups in total. The van der Waals surface area contributed by atoms with Crippen LogP contribution in [0.25, 0.3) is 0 Å². The predicted octanol–water partition coefficient (Wildman–Crippen LogP) is 5.12. The van der Waals surface area contributed by atoms with Gasteiger partial charge in [0.15, 0.2) is 0 Å². The first-order valence-corrected chi connectivity index (χ1v) is 12.5. The van der Waals surface area contributed by atoms with Crippen LogP contribution in [0.5, 0.6) is 5.75 Å². The first-order valence-electron chi connectivity index (χ1n) is 9.92. The maximum absolute atomic E-state index is 12.6. The van der Waals surface area contributed by atoms with Gasteiger partial charge in [-0.25, -0.2) is 8.42 Å². The first kappa shape index (κ1) is 23.4. The van der Waals surface area contributed by atoms with Crippen LogP contribution in [0, 0.1) is 0 Å². The van der Waals surface area contributed by atoms with Crippen molar-refractivity contribution in [1.82, 2.24) is 4.31 Å². The molecule has 8 heteroatoms. The molecule has 1 aliphatic rings. The molecule has 0 bridgehead atoms. The lowest BCUT2D eigenvalue weighted by atomic mass is 9.89. The lowest BCUT2D eigenvalue weighted by Gasteiger charge is -2.30. The van der Waals surface area contributed by atoms with Gasteiger partial charge in [-0.05, 0) is 48.2 Å². The van der Waals surface area contributed by atoms with E-state index in [4.69, 9.17) is 32.7 Å². The first-order chi connectivity index (χ1) is 14.3. The molecule has 2 aromatic carbocycles. The molecule has 2 aromatic rings. The fourth-order valence-corrected chi connectivity index (χ4v) is 4.87. The van der Waals surface area contributed by atoms with Crippen molar-refractivity contribution in [3.63, 3.8) is 0 Å². The van der Waals surface area contributed by atoms with Crippen molar-refractivity contribution in [1.29, 1.82) is 0 Å². The molecule has 1 fully saturated rings. The van der Waals surface area contributed by atoms with Gasteiger partial charge in [-0.3, -0.25) is 0 Å². The summed E-state index contributed by atoms with van der Waals surface area (Å²) in [4.78, 5) is 0. The molecule has 0 spiro atoms. The molecule has 164 valence electrons. The minimum absolute atomic E-state index is 0.0439. The highest BCUT2D eigenvalue weighted by Crippen LogP contribution is 2.34. The SMILES string of the molecule is COc1ccc(CN(C[C@@H]2OCCCCC2c2ccc(Cl)c(Cl)c2)S(C)(=O)=O)cc1. The van der Waals surface area contributed by atoms with E-state index in [-0.39, 0.29) is 25.1 Å². The average Bonchev–Trinajstić information content (AvgIpc) is 2.95. The summed E-state index contributed by atoms with van der Waals surface area (Å²) in [6.45, 7) is 1.16. The Kier molecular flexibility index (Phi) is 8.04. The van der Waals surface area contributed by atoms with Gasteiger partial charge in [-0.1, -0.05) is 47.8 Å². The van der Waals surface area contributed by atoms with Gasteiger partial charge in [0.1, 0.15) is 5.75 Å². The van der Waals surface area contributed by atoms with Gasteiger partial charge in [0, 0.05) is 25.6 Å². The van der Waals surface area contributed by atoms with Gasteiger partial charge < -0.3 is 9.47 Å². The van der Waals surface area contributed by atoms with Crippen LogP contribution in [0.15, 0.2) is 42.5 Å². The number of methoxy groups -OCH3 is 1. The van der Waals surface area contributed by atoms with Crippen molar-refractivity contribution < 1.29 is 17.9 Å². The van der Waals surface area contributed by atoms with E-state index in [2.05, 4.69) is 0 Å². The summed E-state index contributed by atoms with van der Waals surface area (Å²) in [6.07, 6.45) is 3.84. The van der Waals surface area contributed by atoms with Gasteiger partial charge in [0.05, 0.1) is 29.5 Å². The van der Waals surface area contributed by atoms with Gasteiger partial charge >= 0.3 is 0 Å². The van der Waals surface area contributed by atoms with Crippen molar-refractivity contribution in [3.8, 4) is 5.75 Å². The summed E-state index contributed by atoms with van der Waals surface area (Å²) in [5.41, 5.74) is 1.91. The Morgan fingerprint density at radius 1 is 1.10 bits per heavy atom. The zero-order valence-corrected chi connectivity index (χ0v) is 19.5. The standard InChI is InChI=1S/C22H27Cl2NO4S/c1-28-18-9-6-16(7-10-18)14-25(30(2,26)27)15-22-19(5-3-4-12-29-22)17-8-11-20(23)21(24)13-17/h6-11,13,19,22H,3-5,12,14-15H2,1-2H3/t19?,22-/m0/s1. The Morgan fingerprint density at radius 2 is 1.83 bits per heavy atom. The van der Waals surface area contributed by atoms with Gasteiger partial charge in [-0.15, -0.1) is 0 Å². The van der Waals surface area contributed by atoms with Crippen molar-refractivity contribution in [2.45, 2.75) is 37.8 Å². The number of ether oxygens (including phenoxy) is 2. The summed E-state index contributed by atoms with van der Waals surface area (Å²) < 4.78 is 37.9. The fraction of sp³-hybridized carbons (Fsp3) is 0.455. The molecule has 1 heterocycles. The molecular weight excluding hydrogens is 445 g/mol. The second-order valence-corrected chi connectivity index (χ2v) is 10.4. The molecule has 5 nitrogen and oxygen atoms in total. The molecule has 3 rings (SSSR count). The van der Waals surface area contributed by atoms with Crippen LogP contribution in [0.1, 0.15) is 36.3 Å². The lowest BCUT2D eigenvalue weighted by Crippen LogP contribution is -2.40. The zero-order chi connectivity index (χ0) is 21.7. The number of sulfonamides is 1. The van der Waals surface area contributed by atoms with E-state index in [0.29, 0.717) is 16.7 Å². The summed E-state index contributed by atoms with van der Waals surface area (Å²) in [6, 6.07) is 13.0. The van der Waals surface area contributed by atoms with Crippen LogP contribution < -0.4 is 4.74 Å². The highest BCUT2D eigenvalue weighted by atomic mass is 35.5. The zero-order valence-electron chi connectivity index (χ0n) is 17.2. The average molecular weight is 472 g/mol. The van der Waals surface area contributed by atoms with Crippen molar-refractivity contribution in [2.24, 2.45) is 0 Å². The van der Waals surface area contributed by atoms with Crippen molar-refractivity contribution >= 4 is 33.2 Å². The number of nitrogens with zero attached hydrogens (tertiary/aromatic N) is 1. The monoisotopic (exact) mass is 471 g/mol. The Labute approximate surface area is 188 Å². The number of benzene rings is 2. The van der Waals surface area contributed by atoms with E-state index in [1.807, 2.05) is 36.4 Å². The number of hydrogen-bond acceptors (Lipinski definition) is 4.